The van der Waals surface area contributed by atoms with Gasteiger partial charge < -0.3 is 4.90 Å². The van der Waals surface area contributed by atoms with Gasteiger partial charge in [-0.05, 0) is 51.6 Å². The van der Waals surface area contributed by atoms with Gasteiger partial charge in [0.15, 0.2) is 0 Å². The quantitative estimate of drug-likeness (QED) is 0.842. The van der Waals surface area contributed by atoms with Gasteiger partial charge in [0.25, 0.3) is 0 Å². The van der Waals surface area contributed by atoms with Crippen LogP contribution in [0.15, 0.2) is 4.90 Å². The maximum absolute atomic E-state index is 12.7. The van der Waals surface area contributed by atoms with Gasteiger partial charge in [-0.1, -0.05) is 30.9 Å². The number of aryl methyl sites for hydroxylation is 2. The molecule has 3 rings (SSSR count). The first-order valence-corrected chi connectivity index (χ1v) is 11.2. The largest absolute Gasteiger partial charge is 0.303 e. The summed E-state index contributed by atoms with van der Waals surface area (Å²) < 4.78 is 29.6. The molecule has 2 fully saturated rings. The van der Waals surface area contributed by atoms with Crippen molar-refractivity contribution < 1.29 is 8.42 Å². The lowest BCUT2D eigenvalue weighted by Gasteiger charge is -2.35. The number of halogens is 1. The average Bonchev–Trinajstić information content (AvgIpc) is 2.83. The fraction of sp³-hybridized carbons (Fsp3) is 0.824. The van der Waals surface area contributed by atoms with E-state index in [-0.39, 0.29) is 16.1 Å². The van der Waals surface area contributed by atoms with Gasteiger partial charge in [0.2, 0.25) is 10.0 Å². The summed E-state index contributed by atoms with van der Waals surface area (Å²) in [7, 11) is -1.98. The zero-order chi connectivity index (χ0) is 18.0. The molecule has 1 saturated carbocycles. The topological polar surface area (TPSA) is 67.2 Å². The van der Waals surface area contributed by atoms with E-state index in [0.29, 0.717) is 5.69 Å². The van der Waals surface area contributed by atoms with Crippen molar-refractivity contribution in [3.63, 3.8) is 0 Å². The molecule has 1 aromatic rings. The molecule has 2 heterocycles. The Morgan fingerprint density at radius 2 is 1.80 bits per heavy atom. The van der Waals surface area contributed by atoms with Gasteiger partial charge in [-0.2, -0.15) is 5.10 Å². The van der Waals surface area contributed by atoms with Crippen LogP contribution >= 0.6 is 11.6 Å². The number of sulfonamides is 1. The van der Waals surface area contributed by atoms with Crippen LogP contribution in [0.1, 0.15) is 50.6 Å². The summed E-state index contributed by atoms with van der Waals surface area (Å²) in [6.45, 7) is 4.77. The lowest BCUT2D eigenvalue weighted by atomic mass is 9.88. The molecule has 0 amide bonds. The first-order valence-electron chi connectivity index (χ1n) is 9.30. The Hall–Kier alpha value is -0.630. The Bertz CT molecular complexity index is 690. The van der Waals surface area contributed by atoms with Gasteiger partial charge in [-0.15, -0.1) is 0 Å². The highest BCUT2D eigenvalue weighted by Crippen LogP contribution is 2.27. The lowest BCUT2D eigenvalue weighted by Crippen LogP contribution is -2.46. The smallest absolute Gasteiger partial charge is 0.245 e. The second kappa shape index (κ2) is 7.94. The van der Waals surface area contributed by atoms with Gasteiger partial charge in [0.1, 0.15) is 10.0 Å². The van der Waals surface area contributed by atoms with Crippen LogP contribution in [0.3, 0.4) is 0 Å². The first-order chi connectivity index (χ1) is 11.9. The Kier molecular flexibility index (Phi) is 6.08. The van der Waals surface area contributed by atoms with Gasteiger partial charge in [0, 0.05) is 19.6 Å². The number of piperidine rings is 1. The zero-order valence-corrected chi connectivity index (χ0v) is 16.7. The molecule has 1 aliphatic heterocycles. The van der Waals surface area contributed by atoms with Gasteiger partial charge in [-0.25, -0.2) is 13.1 Å². The summed E-state index contributed by atoms with van der Waals surface area (Å²) >= 11 is 6.12. The van der Waals surface area contributed by atoms with Crippen molar-refractivity contribution in [2.24, 2.45) is 13.0 Å². The SMILES string of the molecule is Cc1nn(C)c(Cl)c1S(=O)(=O)NC1CCN(CC2CCCCC2)CC1. The van der Waals surface area contributed by atoms with E-state index in [9.17, 15) is 8.42 Å². The number of nitrogens with zero attached hydrogens (tertiary/aromatic N) is 3. The van der Waals surface area contributed by atoms with E-state index in [1.165, 1.54) is 43.3 Å². The molecule has 0 bridgehead atoms. The number of rotatable bonds is 5. The highest BCUT2D eigenvalue weighted by molar-refractivity contribution is 7.89. The minimum atomic E-state index is -3.63. The van der Waals surface area contributed by atoms with Crippen molar-refractivity contribution >= 4 is 21.6 Å². The van der Waals surface area contributed by atoms with Crippen LogP contribution in [0, 0.1) is 12.8 Å². The van der Waals surface area contributed by atoms with Crippen molar-refractivity contribution in [3.8, 4) is 0 Å². The number of likely N-dealkylation sites (tertiary alicyclic amines) is 1. The molecule has 0 spiro atoms. The standard InChI is InChI=1S/C17H29ClN4O2S/c1-13-16(17(18)21(2)19-13)25(23,24)20-15-8-10-22(11-9-15)12-14-6-4-3-5-7-14/h14-15,20H,3-12H2,1-2H3. The average molecular weight is 389 g/mol. The van der Waals surface area contributed by atoms with E-state index in [1.54, 1.807) is 14.0 Å². The Balaban J connectivity index is 1.54. The van der Waals surface area contributed by atoms with Crippen molar-refractivity contribution in [2.45, 2.75) is 62.8 Å². The molecule has 6 nitrogen and oxygen atoms in total. The van der Waals surface area contributed by atoms with E-state index < -0.39 is 10.0 Å². The molecule has 142 valence electrons. The van der Waals surface area contributed by atoms with Gasteiger partial charge in [-0.3, -0.25) is 4.68 Å². The fourth-order valence-electron chi connectivity index (χ4n) is 4.16. The summed E-state index contributed by atoms with van der Waals surface area (Å²) in [6.07, 6.45) is 8.53. The summed E-state index contributed by atoms with van der Waals surface area (Å²) in [5.74, 6) is 0.832. The monoisotopic (exact) mass is 388 g/mol. The Labute approximate surface area is 156 Å². The third kappa shape index (κ3) is 4.56. The van der Waals surface area contributed by atoms with Crippen LogP contribution < -0.4 is 4.72 Å². The highest BCUT2D eigenvalue weighted by atomic mass is 35.5. The lowest BCUT2D eigenvalue weighted by molar-refractivity contribution is 0.161. The first kappa shape index (κ1) is 19.1. The number of hydrogen-bond acceptors (Lipinski definition) is 4. The molecule has 0 radical (unpaired) electrons. The van der Waals surface area contributed by atoms with Crippen molar-refractivity contribution in [3.05, 3.63) is 10.8 Å². The van der Waals surface area contributed by atoms with Crippen LogP contribution in [-0.2, 0) is 17.1 Å². The van der Waals surface area contributed by atoms with Crippen LogP contribution in [0.25, 0.3) is 0 Å². The molecule has 8 heteroatoms. The summed E-state index contributed by atoms with van der Waals surface area (Å²) in [4.78, 5) is 2.62. The van der Waals surface area contributed by atoms with E-state index in [4.69, 9.17) is 11.6 Å². The number of aromatic nitrogens is 2. The summed E-state index contributed by atoms with van der Waals surface area (Å²) in [5.41, 5.74) is 0.440. The fourth-order valence-corrected chi connectivity index (χ4v) is 6.22. The maximum Gasteiger partial charge on any atom is 0.245 e. The molecule has 1 N–H and O–H groups in total. The molecule has 1 saturated heterocycles. The Morgan fingerprint density at radius 1 is 1.16 bits per heavy atom. The van der Waals surface area contributed by atoms with Crippen LogP contribution in [0.2, 0.25) is 5.15 Å². The van der Waals surface area contributed by atoms with Crippen LogP contribution in [0.4, 0.5) is 0 Å². The predicted molar refractivity (Wildman–Crippen MR) is 99.3 cm³/mol. The number of hydrogen-bond donors (Lipinski definition) is 1. The summed E-state index contributed by atoms with van der Waals surface area (Å²) in [6, 6.07) is -0.0247. The van der Waals surface area contributed by atoms with E-state index in [0.717, 1.165) is 31.8 Å². The molecule has 1 aliphatic carbocycles. The second-order valence-corrected chi connectivity index (χ2v) is 9.54. The molecule has 2 aliphatic rings. The summed E-state index contributed by atoms with van der Waals surface area (Å²) in [5, 5.41) is 4.27. The highest BCUT2D eigenvalue weighted by Gasteiger charge is 2.30. The molecule has 0 aromatic carbocycles. The molecular weight excluding hydrogens is 360 g/mol. The normalized spacial score (nSPS) is 21.7. The zero-order valence-electron chi connectivity index (χ0n) is 15.2. The molecule has 1 aromatic heterocycles. The van der Waals surface area contributed by atoms with Crippen LogP contribution in [0.5, 0.6) is 0 Å². The van der Waals surface area contributed by atoms with Gasteiger partial charge >= 0.3 is 0 Å². The van der Waals surface area contributed by atoms with Crippen LogP contribution in [-0.4, -0.2) is 48.8 Å². The number of nitrogens with one attached hydrogen (secondary N) is 1. The van der Waals surface area contributed by atoms with Crippen molar-refractivity contribution in [2.75, 3.05) is 19.6 Å². The van der Waals surface area contributed by atoms with E-state index in [2.05, 4.69) is 14.7 Å². The molecule has 0 atom stereocenters. The minimum Gasteiger partial charge on any atom is -0.303 e. The van der Waals surface area contributed by atoms with Gasteiger partial charge in [0.05, 0.1) is 5.69 Å². The molecule has 0 unspecified atom stereocenters. The minimum absolute atomic E-state index is 0.0247. The third-order valence-corrected chi connectivity index (χ3v) is 7.73. The van der Waals surface area contributed by atoms with Crippen molar-refractivity contribution in [1.82, 2.24) is 19.4 Å². The van der Waals surface area contributed by atoms with Crippen molar-refractivity contribution in [1.29, 1.82) is 0 Å². The molecular formula is C17H29ClN4O2S. The van der Waals surface area contributed by atoms with E-state index in [1.807, 2.05) is 0 Å². The molecule has 25 heavy (non-hydrogen) atoms. The third-order valence-electron chi connectivity index (χ3n) is 5.52. The maximum atomic E-state index is 12.7. The van der Waals surface area contributed by atoms with E-state index >= 15 is 0 Å². The second-order valence-electron chi connectivity index (χ2n) is 7.53. The predicted octanol–water partition coefficient (Wildman–Crippen LogP) is 2.70. The Morgan fingerprint density at radius 3 is 2.36 bits per heavy atom.